The average Bonchev–Trinajstić information content (AvgIpc) is 2.60. The summed E-state index contributed by atoms with van der Waals surface area (Å²) in [7, 11) is -4.33. The summed E-state index contributed by atoms with van der Waals surface area (Å²) in [6.45, 7) is 3.72. The highest BCUT2D eigenvalue weighted by atomic mass is 32.2. The second-order valence-electron chi connectivity index (χ2n) is 6.13. The maximum atomic E-state index is 11.6. The van der Waals surface area contributed by atoms with Crippen molar-refractivity contribution >= 4 is 21.2 Å². The summed E-state index contributed by atoms with van der Waals surface area (Å²) < 4.78 is 44.7. The third-order valence-electron chi connectivity index (χ3n) is 4.49. The Morgan fingerprint density at radius 3 is 2.65 bits per heavy atom. The third kappa shape index (κ3) is 2.67. The molecule has 0 aliphatic carbocycles. The SMILES string of the molecule is Cc1ccc(S(=O)(=O)O)c(C)c1C1COc2ccc3nccnc3c2O1. The lowest BCUT2D eigenvalue weighted by Gasteiger charge is -2.29. The zero-order valence-corrected chi connectivity index (χ0v) is 14.9. The molecule has 134 valence electrons. The molecule has 0 spiro atoms. The molecule has 1 aliphatic rings. The van der Waals surface area contributed by atoms with E-state index in [4.69, 9.17) is 9.47 Å². The second kappa shape index (κ2) is 5.93. The van der Waals surface area contributed by atoms with Crippen LogP contribution in [-0.4, -0.2) is 29.5 Å². The van der Waals surface area contributed by atoms with Crippen molar-refractivity contribution in [2.45, 2.75) is 24.8 Å². The molecule has 0 saturated heterocycles. The number of nitrogens with zero attached hydrogens (tertiary/aromatic N) is 2. The van der Waals surface area contributed by atoms with E-state index in [0.717, 1.165) is 5.56 Å². The van der Waals surface area contributed by atoms with Crippen molar-refractivity contribution < 1.29 is 22.4 Å². The van der Waals surface area contributed by atoms with Crippen molar-refractivity contribution in [3.05, 3.63) is 53.3 Å². The molecule has 3 aromatic rings. The van der Waals surface area contributed by atoms with Crippen LogP contribution in [0.15, 0.2) is 41.6 Å². The summed E-state index contributed by atoms with van der Waals surface area (Å²) in [5, 5.41) is 0. The summed E-state index contributed by atoms with van der Waals surface area (Å²) in [5.41, 5.74) is 3.22. The van der Waals surface area contributed by atoms with Gasteiger partial charge in [0.25, 0.3) is 10.1 Å². The highest BCUT2D eigenvalue weighted by Gasteiger charge is 2.29. The first-order valence-electron chi connectivity index (χ1n) is 7.97. The van der Waals surface area contributed by atoms with E-state index in [1.54, 1.807) is 37.5 Å². The summed E-state index contributed by atoms with van der Waals surface area (Å²) in [4.78, 5) is 8.45. The highest BCUT2D eigenvalue weighted by molar-refractivity contribution is 7.85. The van der Waals surface area contributed by atoms with Crippen LogP contribution in [0.1, 0.15) is 22.8 Å². The smallest absolute Gasteiger partial charge is 0.294 e. The summed E-state index contributed by atoms with van der Waals surface area (Å²) in [6, 6.07) is 6.62. The molecule has 26 heavy (non-hydrogen) atoms. The summed E-state index contributed by atoms with van der Waals surface area (Å²) in [6.07, 6.45) is 2.64. The molecule has 2 aromatic carbocycles. The average molecular weight is 372 g/mol. The maximum absolute atomic E-state index is 11.6. The minimum Gasteiger partial charge on any atom is -0.485 e. The molecular formula is C18H16N2O5S. The molecule has 0 saturated carbocycles. The molecule has 1 N–H and O–H groups in total. The van der Waals surface area contributed by atoms with Gasteiger partial charge in [-0.2, -0.15) is 8.42 Å². The minimum atomic E-state index is -4.33. The zero-order valence-electron chi connectivity index (χ0n) is 14.1. The lowest BCUT2D eigenvalue weighted by Crippen LogP contribution is -2.24. The number of benzene rings is 2. The first-order valence-corrected chi connectivity index (χ1v) is 9.41. The van der Waals surface area contributed by atoms with Gasteiger partial charge in [0.05, 0.1) is 10.4 Å². The van der Waals surface area contributed by atoms with Gasteiger partial charge in [0.15, 0.2) is 17.6 Å². The molecule has 1 atom stereocenters. The standard InChI is InChI=1S/C18H16N2O5S/c1-10-3-6-15(26(21,22)23)11(2)16(10)14-9-24-13-5-4-12-17(18(13)25-14)20-8-7-19-12/h3-8,14H,9H2,1-2H3,(H,21,22,23). The van der Waals surface area contributed by atoms with E-state index in [9.17, 15) is 13.0 Å². The van der Waals surface area contributed by atoms with Gasteiger partial charge >= 0.3 is 0 Å². The fourth-order valence-corrected chi connectivity index (χ4v) is 4.06. The number of aryl methyl sites for hydroxylation is 1. The van der Waals surface area contributed by atoms with Crippen LogP contribution in [0.5, 0.6) is 11.5 Å². The van der Waals surface area contributed by atoms with Crippen molar-refractivity contribution in [2.75, 3.05) is 6.61 Å². The zero-order chi connectivity index (χ0) is 18.5. The number of aromatic nitrogens is 2. The molecule has 0 fully saturated rings. The fourth-order valence-electron chi connectivity index (χ4n) is 3.32. The van der Waals surface area contributed by atoms with Crippen LogP contribution in [0.25, 0.3) is 11.0 Å². The van der Waals surface area contributed by atoms with E-state index in [-0.39, 0.29) is 11.5 Å². The molecule has 1 aromatic heterocycles. The third-order valence-corrected chi connectivity index (χ3v) is 5.49. The lowest BCUT2D eigenvalue weighted by molar-refractivity contribution is 0.0920. The Balaban J connectivity index is 1.84. The Morgan fingerprint density at radius 1 is 1.12 bits per heavy atom. The van der Waals surface area contributed by atoms with Gasteiger partial charge in [-0.1, -0.05) is 6.07 Å². The van der Waals surface area contributed by atoms with Gasteiger partial charge in [0.2, 0.25) is 0 Å². The van der Waals surface area contributed by atoms with Crippen molar-refractivity contribution in [3.8, 4) is 11.5 Å². The van der Waals surface area contributed by atoms with E-state index in [1.807, 2.05) is 6.92 Å². The highest BCUT2D eigenvalue weighted by Crippen LogP contribution is 2.42. The van der Waals surface area contributed by atoms with Gasteiger partial charge in [0.1, 0.15) is 12.1 Å². The second-order valence-corrected chi connectivity index (χ2v) is 7.52. The number of rotatable bonds is 2. The van der Waals surface area contributed by atoms with E-state index in [2.05, 4.69) is 9.97 Å². The molecule has 1 unspecified atom stereocenters. The lowest BCUT2D eigenvalue weighted by atomic mass is 9.97. The summed E-state index contributed by atoms with van der Waals surface area (Å²) in [5.74, 6) is 1.04. The molecule has 0 amide bonds. The first kappa shape index (κ1) is 16.7. The largest absolute Gasteiger partial charge is 0.485 e. The summed E-state index contributed by atoms with van der Waals surface area (Å²) >= 11 is 0. The normalized spacial score (nSPS) is 16.7. The van der Waals surface area contributed by atoms with Crippen molar-refractivity contribution in [3.63, 3.8) is 0 Å². The van der Waals surface area contributed by atoms with Crippen LogP contribution in [-0.2, 0) is 10.1 Å². The van der Waals surface area contributed by atoms with E-state index in [1.165, 1.54) is 6.07 Å². The van der Waals surface area contributed by atoms with Gasteiger partial charge in [-0.3, -0.25) is 9.54 Å². The van der Waals surface area contributed by atoms with Crippen LogP contribution < -0.4 is 9.47 Å². The van der Waals surface area contributed by atoms with Crippen molar-refractivity contribution in [1.29, 1.82) is 0 Å². The fraction of sp³-hybridized carbons (Fsp3) is 0.222. The molecular weight excluding hydrogens is 356 g/mol. The number of fused-ring (bicyclic) bond motifs is 3. The molecule has 0 radical (unpaired) electrons. The molecule has 7 nitrogen and oxygen atoms in total. The number of hydrogen-bond acceptors (Lipinski definition) is 6. The Kier molecular flexibility index (Phi) is 3.82. The van der Waals surface area contributed by atoms with Crippen LogP contribution in [0.2, 0.25) is 0 Å². The Hall–Kier alpha value is -2.71. The predicted octanol–water partition coefficient (Wildman–Crippen LogP) is 3.01. The number of ether oxygens (including phenoxy) is 2. The van der Waals surface area contributed by atoms with Gasteiger partial charge in [-0.25, -0.2) is 4.98 Å². The number of hydrogen-bond donors (Lipinski definition) is 1. The maximum Gasteiger partial charge on any atom is 0.294 e. The molecule has 2 heterocycles. The Morgan fingerprint density at radius 2 is 1.88 bits per heavy atom. The quantitative estimate of drug-likeness (QED) is 0.690. The predicted molar refractivity (Wildman–Crippen MR) is 94.1 cm³/mol. The van der Waals surface area contributed by atoms with Gasteiger partial charge in [-0.05, 0) is 43.2 Å². The van der Waals surface area contributed by atoms with E-state index >= 15 is 0 Å². The Labute approximate surface area is 150 Å². The molecule has 1 aliphatic heterocycles. The van der Waals surface area contributed by atoms with E-state index in [0.29, 0.717) is 33.7 Å². The van der Waals surface area contributed by atoms with Crippen LogP contribution in [0, 0.1) is 13.8 Å². The first-order chi connectivity index (χ1) is 12.4. The van der Waals surface area contributed by atoms with Gasteiger partial charge < -0.3 is 9.47 Å². The van der Waals surface area contributed by atoms with Crippen LogP contribution in [0.4, 0.5) is 0 Å². The van der Waals surface area contributed by atoms with Crippen LogP contribution >= 0.6 is 0 Å². The van der Waals surface area contributed by atoms with Crippen molar-refractivity contribution in [1.82, 2.24) is 9.97 Å². The molecule has 8 heteroatoms. The van der Waals surface area contributed by atoms with Crippen LogP contribution in [0.3, 0.4) is 0 Å². The minimum absolute atomic E-state index is 0.134. The molecule has 4 rings (SSSR count). The van der Waals surface area contributed by atoms with Gasteiger partial charge in [0, 0.05) is 18.0 Å². The van der Waals surface area contributed by atoms with E-state index < -0.39 is 16.2 Å². The van der Waals surface area contributed by atoms with Crippen molar-refractivity contribution in [2.24, 2.45) is 0 Å². The topological polar surface area (TPSA) is 98.6 Å². The molecule has 0 bridgehead atoms. The monoisotopic (exact) mass is 372 g/mol. The van der Waals surface area contributed by atoms with Gasteiger partial charge in [-0.15, -0.1) is 0 Å². The Bertz CT molecular complexity index is 1130.